The number of halogens is 2. The second kappa shape index (κ2) is 5.80. The van der Waals surface area contributed by atoms with Gasteiger partial charge in [0.1, 0.15) is 5.82 Å². The number of nitrogens with zero attached hydrogens (tertiary/aromatic N) is 1. The monoisotopic (exact) mass is 310 g/mol. The zero-order valence-electron chi connectivity index (χ0n) is 11.0. The Balaban J connectivity index is 1.91. The second-order valence-corrected chi connectivity index (χ2v) is 6.69. The number of hydrogen-bond acceptors (Lipinski definition) is 3. The molecule has 0 radical (unpaired) electrons. The molecule has 2 aromatic rings. The van der Waals surface area contributed by atoms with Crippen LogP contribution in [-0.2, 0) is 12.8 Å². The smallest absolute Gasteiger partial charge is 0.128 e. The predicted molar refractivity (Wildman–Crippen MR) is 81.1 cm³/mol. The van der Waals surface area contributed by atoms with Gasteiger partial charge in [-0.3, -0.25) is 0 Å². The molecule has 1 aromatic heterocycles. The second-order valence-electron chi connectivity index (χ2n) is 5.12. The average molecular weight is 311 g/mol. The topological polar surface area (TPSA) is 38.9 Å². The summed E-state index contributed by atoms with van der Waals surface area (Å²) in [5, 5.41) is 1.40. The van der Waals surface area contributed by atoms with Gasteiger partial charge >= 0.3 is 0 Å². The van der Waals surface area contributed by atoms with Gasteiger partial charge in [-0.1, -0.05) is 17.7 Å². The van der Waals surface area contributed by atoms with Gasteiger partial charge in [-0.05, 0) is 31.4 Å². The van der Waals surface area contributed by atoms with Gasteiger partial charge in [0.2, 0.25) is 0 Å². The maximum atomic E-state index is 13.8. The van der Waals surface area contributed by atoms with Crippen LogP contribution in [0, 0.1) is 5.82 Å². The molecule has 3 rings (SSSR count). The van der Waals surface area contributed by atoms with Crippen LogP contribution < -0.4 is 5.73 Å². The van der Waals surface area contributed by atoms with Crippen molar-refractivity contribution in [2.45, 2.75) is 31.6 Å². The number of nitrogens with two attached hydrogens (primary N) is 1. The molecule has 1 heterocycles. The van der Waals surface area contributed by atoms with E-state index < -0.39 is 0 Å². The number of benzene rings is 1. The normalized spacial score (nSPS) is 18.1. The van der Waals surface area contributed by atoms with Crippen LogP contribution in [0.2, 0.25) is 5.02 Å². The summed E-state index contributed by atoms with van der Waals surface area (Å²) in [4.78, 5) is 6.01. The van der Waals surface area contributed by atoms with Crippen LogP contribution in [0.3, 0.4) is 0 Å². The zero-order valence-corrected chi connectivity index (χ0v) is 12.6. The molecule has 106 valence electrons. The van der Waals surface area contributed by atoms with Crippen LogP contribution in [0.5, 0.6) is 0 Å². The minimum absolute atomic E-state index is 0.263. The molecule has 1 aliphatic carbocycles. The Bertz CT molecular complexity index is 606. The highest BCUT2D eigenvalue weighted by molar-refractivity contribution is 7.11. The summed E-state index contributed by atoms with van der Waals surface area (Å²) in [6, 6.07) is 4.78. The molecule has 2 N–H and O–H groups in total. The van der Waals surface area contributed by atoms with E-state index in [0.29, 0.717) is 29.5 Å². The third kappa shape index (κ3) is 2.60. The number of thiazole rings is 1. The van der Waals surface area contributed by atoms with E-state index in [1.165, 1.54) is 10.9 Å². The first kappa shape index (κ1) is 14.0. The molecule has 0 bridgehead atoms. The van der Waals surface area contributed by atoms with Crippen molar-refractivity contribution in [3.8, 4) is 0 Å². The number of hydrogen-bond donors (Lipinski definition) is 1. The maximum absolute atomic E-state index is 13.8. The quantitative estimate of drug-likeness (QED) is 0.933. The number of aromatic nitrogens is 1. The summed E-state index contributed by atoms with van der Waals surface area (Å²) in [6.07, 6.45) is 3.79. The van der Waals surface area contributed by atoms with Crippen LogP contribution in [0.1, 0.15) is 39.9 Å². The lowest BCUT2D eigenvalue weighted by Crippen LogP contribution is -2.17. The highest BCUT2D eigenvalue weighted by Crippen LogP contribution is 2.35. The Morgan fingerprint density at radius 2 is 2.30 bits per heavy atom. The Labute approximate surface area is 126 Å². The van der Waals surface area contributed by atoms with Crippen LogP contribution >= 0.6 is 22.9 Å². The third-order valence-electron chi connectivity index (χ3n) is 3.79. The minimum atomic E-state index is -0.263. The van der Waals surface area contributed by atoms with E-state index in [1.54, 1.807) is 23.5 Å². The highest BCUT2D eigenvalue weighted by Gasteiger charge is 2.24. The van der Waals surface area contributed by atoms with Crippen LogP contribution in [0.4, 0.5) is 4.39 Å². The lowest BCUT2D eigenvalue weighted by molar-refractivity contribution is 0.553. The maximum Gasteiger partial charge on any atom is 0.128 e. The van der Waals surface area contributed by atoms with Crippen molar-refractivity contribution in [2.24, 2.45) is 5.73 Å². The molecule has 1 aliphatic rings. The number of rotatable bonds is 3. The van der Waals surface area contributed by atoms with E-state index in [0.717, 1.165) is 30.0 Å². The van der Waals surface area contributed by atoms with Crippen molar-refractivity contribution in [1.82, 2.24) is 4.98 Å². The first-order chi connectivity index (χ1) is 9.69. The van der Waals surface area contributed by atoms with Crippen LogP contribution in [0.25, 0.3) is 0 Å². The Kier molecular flexibility index (Phi) is 4.06. The van der Waals surface area contributed by atoms with E-state index in [9.17, 15) is 4.39 Å². The molecule has 20 heavy (non-hydrogen) atoms. The standard InChI is InChI=1S/C15H16ClFN2S/c16-11-4-2-5-12(17)10(11)7-14-19-15-9(8-18)3-1-6-13(15)20-14/h2,4-5,9H,1,3,6-8,18H2. The largest absolute Gasteiger partial charge is 0.330 e. The van der Waals surface area contributed by atoms with Crippen molar-refractivity contribution in [3.05, 3.63) is 50.2 Å². The van der Waals surface area contributed by atoms with Crippen LogP contribution in [0.15, 0.2) is 18.2 Å². The average Bonchev–Trinajstić information content (AvgIpc) is 2.85. The summed E-state index contributed by atoms with van der Waals surface area (Å²) >= 11 is 7.75. The molecule has 0 aliphatic heterocycles. The Morgan fingerprint density at radius 3 is 3.05 bits per heavy atom. The van der Waals surface area contributed by atoms with Gasteiger partial charge in [0.25, 0.3) is 0 Å². The predicted octanol–water partition coefficient (Wildman–Crippen LogP) is 3.91. The Hall–Kier alpha value is -0.970. The first-order valence-corrected chi connectivity index (χ1v) is 8.00. The molecule has 0 saturated carbocycles. The lowest BCUT2D eigenvalue weighted by atomic mass is 9.91. The first-order valence-electron chi connectivity index (χ1n) is 6.80. The SMILES string of the molecule is NCC1CCCc2sc(Cc3c(F)cccc3Cl)nc21. The van der Waals surface area contributed by atoms with E-state index in [1.807, 2.05) is 0 Å². The minimum Gasteiger partial charge on any atom is -0.330 e. The summed E-state index contributed by atoms with van der Waals surface area (Å²) in [5.74, 6) is 0.0980. The van der Waals surface area contributed by atoms with Gasteiger partial charge in [0.15, 0.2) is 0 Å². The van der Waals surface area contributed by atoms with Crippen molar-refractivity contribution < 1.29 is 4.39 Å². The van der Waals surface area contributed by atoms with Gasteiger partial charge in [-0.15, -0.1) is 11.3 Å². The highest BCUT2D eigenvalue weighted by atomic mass is 35.5. The summed E-state index contributed by atoms with van der Waals surface area (Å²) in [5.41, 5.74) is 7.47. The van der Waals surface area contributed by atoms with Crippen molar-refractivity contribution in [2.75, 3.05) is 6.54 Å². The summed E-state index contributed by atoms with van der Waals surface area (Å²) < 4.78 is 13.8. The molecular formula is C15H16ClFN2S. The lowest BCUT2D eigenvalue weighted by Gasteiger charge is -2.18. The van der Waals surface area contributed by atoms with E-state index in [2.05, 4.69) is 0 Å². The van der Waals surface area contributed by atoms with Gasteiger partial charge in [-0.2, -0.15) is 0 Å². The molecule has 0 amide bonds. The molecule has 5 heteroatoms. The molecule has 0 fully saturated rings. The molecular weight excluding hydrogens is 295 g/mol. The fraction of sp³-hybridized carbons (Fsp3) is 0.400. The fourth-order valence-corrected chi connectivity index (χ4v) is 4.15. The molecule has 1 unspecified atom stereocenters. The van der Waals surface area contributed by atoms with E-state index in [-0.39, 0.29) is 5.82 Å². The van der Waals surface area contributed by atoms with Gasteiger partial charge in [-0.25, -0.2) is 9.37 Å². The zero-order chi connectivity index (χ0) is 14.1. The number of aryl methyl sites for hydroxylation is 1. The van der Waals surface area contributed by atoms with Crippen LogP contribution in [-0.4, -0.2) is 11.5 Å². The van der Waals surface area contributed by atoms with Crippen molar-refractivity contribution in [1.29, 1.82) is 0 Å². The van der Waals surface area contributed by atoms with Gasteiger partial charge < -0.3 is 5.73 Å². The van der Waals surface area contributed by atoms with Crippen molar-refractivity contribution >= 4 is 22.9 Å². The fourth-order valence-electron chi connectivity index (χ4n) is 2.72. The Morgan fingerprint density at radius 1 is 1.45 bits per heavy atom. The third-order valence-corrected chi connectivity index (χ3v) is 5.27. The molecule has 0 spiro atoms. The molecule has 2 nitrogen and oxygen atoms in total. The molecule has 1 atom stereocenters. The summed E-state index contributed by atoms with van der Waals surface area (Å²) in [7, 11) is 0. The molecule has 0 saturated heterocycles. The van der Waals surface area contributed by atoms with E-state index >= 15 is 0 Å². The van der Waals surface area contributed by atoms with Gasteiger partial charge in [0, 0.05) is 34.3 Å². The number of fused-ring (bicyclic) bond motifs is 1. The molecule has 1 aromatic carbocycles. The van der Waals surface area contributed by atoms with Crippen molar-refractivity contribution in [3.63, 3.8) is 0 Å². The van der Waals surface area contributed by atoms with E-state index in [4.69, 9.17) is 22.3 Å². The van der Waals surface area contributed by atoms with Gasteiger partial charge in [0.05, 0.1) is 10.7 Å². The summed E-state index contributed by atoms with van der Waals surface area (Å²) in [6.45, 7) is 0.636.